The van der Waals surface area contributed by atoms with Gasteiger partial charge in [-0.05, 0) is 52.0 Å². The van der Waals surface area contributed by atoms with Crippen LogP contribution in [0.2, 0.25) is 0 Å². The van der Waals surface area contributed by atoms with Crippen molar-refractivity contribution in [2.75, 3.05) is 31.1 Å². The van der Waals surface area contributed by atoms with Crippen LogP contribution in [0.4, 0.5) is 5.69 Å². The quantitative estimate of drug-likeness (QED) is 0.468. The lowest BCUT2D eigenvalue weighted by atomic mass is 10.1. The molecule has 33 heavy (non-hydrogen) atoms. The van der Waals surface area contributed by atoms with E-state index in [1.807, 2.05) is 47.7 Å². The first-order valence-corrected chi connectivity index (χ1v) is 11.3. The molecule has 1 fully saturated rings. The van der Waals surface area contributed by atoms with Gasteiger partial charge in [-0.25, -0.2) is 9.67 Å². The van der Waals surface area contributed by atoms with Crippen molar-refractivity contribution in [3.05, 3.63) is 59.9 Å². The molecule has 0 bridgehead atoms. The van der Waals surface area contributed by atoms with E-state index in [-0.39, 0.29) is 11.9 Å². The van der Waals surface area contributed by atoms with Gasteiger partial charge in [0.1, 0.15) is 11.5 Å². The number of amides is 1. The molecule has 4 aromatic heterocycles. The maximum absolute atomic E-state index is 13.7. The average Bonchev–Trinajstić information content (AvgIpc) is 3.41. The second kappa shape index (κ2) is 8.35. The van der Waals surface area contributed by atoms with Gasteiger partial charge in [0.2, 0.25) is 0 Å². The molecule has 0 unspecified atom stereocenters. The van der Waals surface area contributed by atoms with Crippen molar-refractivity contribution in [1.29, 1.82) is 0 Å². The minimum absolute atomic E-state index is 0.0132. The van der Waals surface area contributed by atoms with Crippen LogP contribution in [0.5, 0.6) is 0 Å². The van der Waals surface area contributed by atoms with Gasteiger partial charge in [-0.2, -0.15) is 5.10 Å². The summed E-state index contributed by atoms with van der Waals surface area (Å²) in [4.78, 5) is 26.9. The maximum Gasteiger partial charge on any atom is 0.254 e. The number of aryl methyl sites for hydroxylation is 2. The number of hydrogen-bond acceptors (Lipinski definition) is 6. The number of anilines is 1. The molecule has 1 aliphatic heterocycles. The number of carbonyl (C=O) groups is 1. The lowest BCUT2D eigenvalue weighted by Crippen LogP contribution is -2.48. The zero-order chi connectivity index (χ0) is 23.1. The molecular formula is C25H28N6O2. The molecule has 0 aliphatic carbocycles. The predicted octanol–water partition coefficient (Wildman–Crippen LogP) is 4.25. The summed E-state index contributed by atoms with van der Waals surface area (Å²) < 4.78 is 7.62. The topological polar surface area (TPSA) is 80.3 Å². The Kier molecular flexibility index (Phi) is 5.36. The van der Waals surface area contributed by atoms with Gasteiger partial charge in [-0.15, -0.1) is 0 Å². The van der Waals surface area contributed by atoms with Crippen LogP contribution in [0.3, 0.4) is 0 Å². The van der Waals surface area contributed by atoms with Gasteiger partial charge >= 0.3 is 0 Å². The third-order valence-corrected chi connectivity index (χ3v) is 6.20. The fourth-order valence-corrected chi connectivity index (χ4v) is 4.49. The van der Waals surface area contributed by atoms with Crippen molar-refractivity contribution >= 4 is 22.6 Å². The normalized spacial score (nSPS) is 14.5. The molecule has 1 saturated heterocycles. The minimum Gasteiger partial charge on any atom is -0.466 e. The largest absolute Gasteiger partial charge is 0.466 e. The van der Waals surface area contributed by atoms with Gasteiger partial charge in [0.05, 0.1) is 22.8 Å². The van der Waals surface area contributed by atoms with E-state index in [2.05, 4.69) is 28.8 Å². The Morgan fingerprint density at radius 1 is 1.06 bits per heavy atom. The summed E-state index contributed by atoms with van der Waals surface area (Å²) in [6.45, 7) is 10.8. The molecule has 8 heteroatoms. The molecule has 0 atom stereocenters. The number of carbonyl (C=O) groups excluding carboxylic acids is 1. The van der Waals surface area contributed by atoms with Crippen molar-refractivity contribution in [2.24, 2.45) is 0 Å². The number of piperazine rings is 1. The lowest BCUT2D eigenvalue weighted by molar-refractivity contribution is 0.0748. The highest BCUT2D eigenvalue weighted by atomic mass is 16.3. The van der Waals surface area contributed by atoms with Gasteiger partial charge in [0.25, 0.3) is 5.91 Å². The number of nitrogens with zero attached hydrogens (tertiary/aromatic N) is 6. The van der Waals surface area contributed by atoms with Crippen molar-refractivity contribution in [3.63, 3.8) is 0 Å². The Morgan fingerprint density at radius 3 is 2.42 bits per heavy atom. The molecule has 1 amide bonds. The zero-order valence-corrected chi connectivity index (χ0v) is 19.4. The molecule has 8 nitrogen and oxygen atoms in total. The van der Waals surface area contributed by atoms with E-state index in [0.717, 1.165) is 52.6 Å². The van der Waals surface area contributed by atoms with Crippen molar-refractivity contribution in [2.45, 2.75) is 33.7 Å². The Morgan fingerprint density at radius 2 is 1.79 bits per heavy atom. The molecule has 0 spiro atoms. The van der Waals surface area contributed by atoms with Gasteiger partial charge in [0, 0.05) is 55.9 Å². The third kappa shape index (κ3) is 3.86. The SMILES string of the molecule is Cc1cc(-c2cc(C(=O)N3CCN(c4ccncc4)CC3)c3cnn(C(C)C)c3n2)c(C)o1. The Labute approximate surface area is 192 Å². The molecule has 5 rings (SSSR count). The van der Waals surface area contributed by atoms with Crippen LogP contribution in [0.1, 0.15) is 41.8 Å². The number of hydrogen-bond donors (Lipinski definition) is 0. The molecule has 0 saturated carbocycles. The Hall–Kier alpha value is -3.68. The number of aromatic nitrogens is 4. The van der Waals surface area contributed by atoms with Crippen molar-refractivity contribution in [3.8, 4) is 11.3 Å². The Bertz CT molecular complexity index is 1300. The van der Waals surface area contributed by atoms with E-state index in [9.17, 15) is 4.79 Å². The minimum atomic E-state index is 0.0132. The Balaban J connectivity index is 1.50. The molecule has 1 aliphatic rings. The summed E-state index contributed by atoms with van der Waals surface area (Å²) in [5, 5.41) is 5.33. The van der Waals surface area contributed by atoms with Gasteiger partial charge in [-0.1, -0.05) is 0 Å². The van der Waals surface area contributed by atoms with Crippen LogP contribution < -0.4 is 4.90 Å². The van der Waals surface area contributed by atoms with Crippen molar-refractivity contribution < 1.29 is 9.21 Å². The molecule has 0 radical (unpaired) electrons. The molecule has 0 aromatic carbocycles. The summed E-state index contributed by atoms with van der Waals surface area (Å²) >= 11 is 0. The van der Waals surface area contributed by atoms with Gasteiger partial charge in [0.15, 0.2) is 5.65 Å². The average molecular weight is 445 g/mol. The number of pyridine rings is 2. The highest BCUT2D eigenvalue weighted by Gasteiger charge is 2.26. The first-order chi connectivity index (χ1) is 15.9. The van der Waals surface area contributed by atoms with E-state index in [1.165, 1.54) is 0 Å². The summed E-state index contributed by atoms with van der Waals surface area (Å²) in [5.74, 6) is 1.63. The summed E-state index contributed by atoms with van der Waals surface area (Å²) in [6.07, 6.45) is 5.36. The third-order valence-electron chi connectivity index (χ3n) is 6.20. The summed E-state index contributed by atoms with van der Waals surface area (Å²) in [7, 11) is 0. The first-order valence-electron chi connectivity index (χ1n) is 11.3. The van der Waals surface area contributed by atoms with E-state index in [4.69, 9.17) is 9.40 Å². The highest BCUT2D eigenvalue weighted by Crippen LogP contribution is 2.31. The predicted molar refractivity (Wildman–Crippen MR) is 127 cm³/mol. The van der Waals surface area contributed by atoms with Crippen LogP contribution in [0, 0.1) is 13.8 Å². The lowest BCUT2D eigenvalue weighted by Gasteiger charge is -2.36. The van der Waals surface area contributed by atoms with Crippen LogP contribution >= 0.6 is 0 Å². The number of fused-ring (bicyclic) bond motifs is 1. The second-order valence-corrected chi connectivity index (χ2v) is 8.79. The molecule has 0 N–H and O–H groups in total. The standard InChI is InChI=1S/C25H28N6O2/c1-16(2)31-24-22(15-27-31)21(14-23(28-24)20-13-17(3)33-18(20)4)25(32)30-11-9-29(10-12-30)19-5-7-26-8-6-19/h5-8,13-16H,9-12H2,1-4H3. The van der Waals surface area contributed by atoms with E-state index in [0.29, 0.717) is 18.7 Å². The van der Waals surface area contributed by atoms with Gasteiger partial charge in [-0.3, -0.25) is 9.78 Å². The smallest absolute Gasteiger partial charge is 0.254 e. The van der Waals surface area contributed by atoms with Crippen LogP contribution in [-0.2, 0) is 0 Å². The number of furan rings is 1. The molecular weight excluding hydrogens is 416 g/mol. The van der Waals surface area contributed by atoms with Crippen LogP contribution in [-0.4, -0.2) is 56.7 Å². The van der Waals surface area contributed by atoms with E-state index >= 15 is 0 Å². The fourth-order valence-electron chi connectivity index (χ4n) is 4.49. The zero-order valence-electron chi connectivity index (χ0n) is 19.4. The summed E-state index contributed by atoms with van der Waals surface area (Å²) in [6, 6.07) is 8.01. The maximum atomic E-state index is 13.7. The fraction of sp³-hybridized carbons (Fsp3) is 0.360. The second-order valence-electron chi connectivity index (χ2n) is 8.79. The van der Waals surface area contributed by atoms with Crippen LogP contribution in [0.25, 0.3) is 22.3 Å². The van der Waals surface area contributed by atoms with Gasteiger partial charge < -0.3 is 14.2 Å². The van der Waals surface area contributed by atoms with Crippen molar-refractivity contribution in [1.82, 2.24) is 24.6 Å². The van der Waals surface area contributed by atoms with Crippen LogP contribution in [0.15, 0.2) is 47.3 Å². The van der Waals surface area contributed by atoms with E-state index < -0.39 is 0 Å². The first kappa shape index (κ1) is 21.2. The number of rotatable bonds is 4. The highest BCUT2D eigenvalue weighted by molar-refractivity contribution is 6.06. The monoisotopic (exact) mass is 444 g/mol. The molecule has 5 heterocycles. The summed E-state index contributed by atoms with van der Waals surface area (Å²) in [5.41, 5.74) is 4.13. The molecule has 4 aromatic rings. The van der Waals surface area contributed by atoms with E-state index in [1.54, 1.807) is 18.6 Å². The molecule has 170 valence electrons.